The van der Waals surface area contributed by atoms with Gasteiger partial charge in [-0.15, -0.1) is 5.10 Å². The Morgan fingerprint density at radius 1 is 1.58 bits per heavy atom. The molecule has 0 aliphatic carbocycles. The van der Waals surface area contributed by atoms with Gasteiger partial charge in [-0.1, -0.05) is 11.6 Å². The Morgan fingerprint density at radius 3 is 3.11 bits per heavy atom. The highest BCUT2D eigenvalue weighted by atomic mass is 16.2. The van der Waals surface area contributed by atoms with Crippen molar-refractivity contribution in [2.75, 3.05) is 20.1 Å². The van der Waals surface area contributed by atoms with Crippen LogP contribution in [0.3, 0.4) is 0 Å². The summed E-state index contributed by atoms with van der Waals surface area (Å²) in [5.41, 5.74) is 6.14. The molecule has 0 bridgehead atoms. The van der Waals surface area contributed by atoms with Crippen molar-refractivity contribution >= 4 is 5.91 Å². The summed E-state index contributed by atoms with van der Waals surface area (Å²) in [6.45, 7) is 2.36. The zero-order chi connectivity index (χ0) is 13.7. The molecule has 1 saturated heterocycles. The van der Waals surface area contributed by atoms with Gasteiger partial charge in [0, 0.05) is 19.1 Å². The number of amides is 1. The van der Waals surface area contributed by atoms with E-state index in [1.54, 1.807) is 6.20 Å². The number of hydrogen-bond donors (Lipinski definition) is 2. The second-order valence-electron chi connectivity index (χ2n) is 5.05. The van der Waals surface area contributed by atoms with E-state index in [0.717, 1.165) is 13.0 Å². The summed E-state index contributed by atoms with van der Waals surface area (Å²) >= 11 is 0. The van der Waals surface area contributed by atoms with Crippen LogP contribution in [0.4, 0.5) is 0 Å². The fourth-order valence-corrected chi connectivity index (χ4v) is 2.35. The summed E-state index contributed by atoms with van der Waals surface area (Å²) in [6, 6.07) is 0.452. The van der Waals surface area contributed by atoms with E-state index in [4.69, 9.17) is 5.73 Å². The molecule has 106 valence electrons. The quantitative estimate of drug-likeness (QED) is 0.738. The molecular weight excluding hydrogens is 244 g/mol. The third kappa shape index (κ3) is 4.00. The molecule has 2 heterocycles. The van der Waals surface area contributed by atoms with Gasteiger partial charge in [0.1, 0.15) is 6.54 Å². The van der Waals surface area contributed by atoms with Crippen LogP contribution < -0.4 is 11.1 Å². The molecule has 1 amide bonds. The maximum Gasteiger partial charge on any atom is 0.241 e. The molecule has 7 heteroatoms. The Labute approximate surface area is 113 Å². The van der Waals surface area contributed by atoms with Gasteiger partial charge in [-0.2, -0.15) is 0 Å². The summed E-state index contributed by atoms with van der Waals surface area (Å²) < 4.78 is 1.52. The second-order valence-corrected chi connectivity index (χ2v) is 5.05. The number of nitrogens with one attached hydrogen (secondary N) is 1. The maximum absolute atomic E-state index is 11.8. The molecule has 1 aliphatic rings. The minimum atomic E-state index is -0.0348. The van der Waals surface area contributed by atoms with Crippen LogP contribution in [0.15, 0.2) is 6.20 Å². The minimum Gasteiger partial charge on any atom is -0.353 e. The average Bonchev–Trinajstić information content (AvgIpc) is 2.85. The summed E-state index contributed by atoms with van der Waals surface area (Å²) in [5.74, 6) is -0.0348. The number of hydrogen-bond acceptors (Lipinski definition) is 5. The third-order valence-corrected chi connectivity index (χ3v) is 3.56. The van der Waals surface area contributed by atoms with Crippen molar-refractivity contribution in [1.29, 1.82) is 0 Å². The fraction of sp³-hybridized carbons (Fsp3) is 0.750. The van der Waals surface area contributed by atoms with E-state index in [2.05, 4.69) is 27.6 Å². The zero-order valence-corrected chi connectivity index (χ0v) is 11.4. The van der Waals surface area contributed by atoms with Crippen molar-refractivity contribution in [3.63, 3.8) is 0 Å². The molecule has 0 aromatic carbocycles. The van der Waals surface area contributed by atoms with Crippen LogP contribution in [-0.2, 0) is 17.9 Å². The molecule has 0 saturated carbocycles. The number of nitrogens with zero attached hydrogens (tertiary/aromatic N) is 4. The van der Waals surface area contributed by atoms with E-state index < -0.39 is 0 Å². The van der Waals surface area contributed by atoms with E-state index in [1.807, 2.05) is 0 Å². The molecule has 0 spiro atoms. The Morgan fingerprint density at radius 2 is 2.42 bits per heavy atom. The first-order valence-corrected chi connectivity index (χ1v) is 6.75. The SMILES string of the molecule is CN1CCCCC1CNC(=O)Cn1cc(CN)nn1. The van der Waals surface area contributed by atoms with E-state index in [0.29, 0.717) is 24.8 Å². The van der Waals surface area contributed by atoms with Gasteiger partial charge in [-0.25, -0.2) is 4.68 Å². The van der Waals surface area contributed by atoms with E-state index in [-0.39, 0.29) is 12.5 Å². The first-order chi connectivity index (χ1) is 9.19. The number of likely N-dealkylation sites (N-methyl/N-ethyl adjacent to an activating group) is 1. The first-order valence-electron chi connectivity index (χ1n) is 6.75. The Hall–Kier alpha value is -1.47. The lowest BCUT2D eigenvalue weighted by Crippen LogP contribution is -2.45. The van der Waals surface area contributed by atoms with Gasteiger partial charge in [0.05, 0.1) is 11.9 Å². The smallest absolute Gasteiger partial charge is 0.241 e. The number of piperidine rings is 1. The summed E-state index contributed by atoms with van der Waals surface area (Å²) in [7, 11) is 2.11. The maximum atomic E-state index is 11.8. The standard InChI is InChI=1S/C12H22N6O/c1-17-5-3-2-4-11(17)7-14-12(19)9-18-8-10(6-13)15-16-18/h8,11H,2-7,9,13H2,1H3,(H,14,19). The molecule has 1 atom stereocenters. The molecular formula is C12H22N6O. The number of carbonyl (C=O) groups is 1. The van der Waals surface area contributed by atoms with Crippen LogP contribution in [0.25, 0.3) is 0 Å². The minimum absolute atomic E-state index is 0.0348. The molecule has 0 radical (unpaired) electrons. The number of nitrogens with two attached hydrogens (primary N) is 1. The van der Waals surface area contributed by atoms with Crippen LogP contribution in [0.2, 0.25) is 0 Å². The molecule has 19 heavy (non-hydrogen) atoms. The van der Waals surface area contributed by atoms with Crippen molar-refractivity contribution in [1.82, 2.24) is 25.2 Å². The highest BCUT2D eigenvalue weighted by Crippen LogP contribution is 2.13. The summed E-state index contributed by atoms with van der Waals surface area (Å²) in [5, 5.41) is 10.7. The predicted octanol–water partition coefficient (Wildman–Crippen LogP) is -0.663. The highest BCUT2D eigenvalue weighted by molar-refractivity contribution is 5.75. The van der Waals surface area contributed by atoms with Crippen molar-refractivity contribution in [3.8, 4) is 0 Å². The van der Waals surface area contributed by atoms with Crippen molar-refractivity contribution in [3.05, 3.63) is 11.9 Å². The first kappa shape index (κ1) is 14.0. The van der Waals surface area contributed by atoms with Gasteiger partial charge in [0.2, 0.25) is 5.91 Å². The van der Waals surface area contributed by atoms with Gasteiger partial charge in [0.25, 0.3) is 0 Å². The predicted molar refractivity (Wildman–Crippen MR) is 71.2 cm³/mol. The van der Waals surface area contributed by atoms with Crippen molar-refractivity contribution in [2.45, 2.75) is 38.4 Å². The van der Waals surface area contributed by atoms with Crippen LogP contribution >= 0.6 is 0 Å². The lowest BCUT2D eigenvalue weighted by molar-refractivity contribution is -0.122. The fourth-order valence-electron chi connectivity index (χ4n) is 2.35. The molecule has 1 aliphatic heterocycles. The van der Waals surface area contributed by atoms with Crippen LogP contribution in [0.1, 0.15) is 25.0 Å². The Kier molecular flexibility index (Phi) is 4.86. The topological polar surface area (TPSA) is 89.1 Å². The van der Waals surface area contributed by atoms with Crippen molar-refractivity contribution in [2.24, 2.45) is 5.73 Å². The second kappa shape index (κ2) is 6.63. The molecule has 3 N–H and O–H groups in total. The molecule has 1 aromatic rings. The lowest BCUT2D eigenvalue weighted by atomic mass is 10.0. The van der Waals surface area contributed by atoms with Crippen LogP contribution in [-0.4, -0.2) is 52.0 Å². The van der Waals surface area contributed by atoms with E-state index >= 15 is 0 Å². The Bertz CT molecular complexity index is 418. The monoisotopic (exact) mass is 266 g/mol. The summed E-state index contributed by atoms with van der Waals surface area (Å²) in [4.78, 5) is 14.1. The molecule has 1 unspecified atom stereocenters. The molecule has 1 aromatic heterocycles. The number of carbonyl (C=O) groups excluding carboxylic acids is 1. The number of rotatable bonds is 5. The van der Waals surface area contributed by atoms with Gasteiger partial charge in [0.15, 0.2) is 0 Å². The van der Waals surface area contributed by atoms with E-state index in [9.17, 15) is 4.79 Å². The normalized spacial score (nSPS) is 20.4. The molecule has 2 rings (SSSR count). The number of aromatic nitrogens is 3. The Balaban J connectivity index is 1.74. The third-order valence-electron chi connectivity index (χ3n) is 3.56. The molecule has 1 fully saturated rings. The van der Waals surface area contributed by atoms with Crippen LogP contribution in [0, 0.1) is 0 Å². The summed E-state index contributed by atoms with van der Waals surface area (Å²) in [6.07, 6.45) is 5.35. The van der Waals surface area contributed by atoms with Gasteiger partial charge in [-0.05, 0) is 26.4 Å². The largest absolute Gasteiger partial charge is 0.353 e. The molecule has 7 nitrogen and oxygen atoms in total. The highest BCUT2D eigenvalue weighted by Gasteiger charge is 2.19. The van der Waals surface area contributed by atoms with Crippen molar-refractivity contribution < 1.29 is 4.79 Å². The zero-order valence-electron chi connectivity index (χ0n) is 11.4. The van der Waals surface area contributed by atoms with Gasteiger partial charge >= 0.3 is 0 Å². The van der Waals surface area contributed by atoms with Crippen LogP contribution in [0.5, 0.6) is 0 Å². The van der Waals surface area contributed by atoms with E-state index in [1.165, 1.54) is 17.5 Å². The number of likely N-dealkylation sites (tertiary alicyclic amines) is 1. The average molecular weight is 266 g/mol. The lowest BCUT2D eigenvalue weighted by Gasteiger charge is -2.32. The van der Waals surface area contributed by atoms with Gasteiger partial charge in [-0.3, -0.25) is 4.79 Å². The van der Waals surface area contributed by atoms with Gasteiger partial charge < -0.3 is 16.0 Å².